The van der Waals surface area contributed by atoms with E-state index in [1.807, 2.05) is 25.1 Å². The molecule has 104 valence electrons. The number of benzene rings is 1. The number of hydrogen-bond acceptors (Lipinski definition) is 3. The van der Waals surface area contributed by atoms with E-state index in [0.29, 0.717) is 5.02 Å². The highest BCUT2D eigenvalue weighted by Gasteiger charge is 2.15. The van der Waals surface area contributed by atoms with Crippen molar-refractivity contribution in [3.8, 4) is 0 Å². The number of amides is 1. The first-order chi connectivity index (χ1) is 9.60. The van der Waals surface area contributed by atoms with E-state index >= 15 is 0 Å². The average Bonchev–Trinajstić information content (AvgIpc) is 2.45. The zero-order valence-corrected chi connectivity index (χ0v) is 12.3. The Morgan fingerprint density at radius 1 is 1.30 bits per heavy atom. The molecule has 1 unspecified atom stereocenters. The van der Waals surface area contributed by atoms with Crippen molar-refractivity contribution in [2.75, 3.05) is 0 Å². The molecule has 0 fully saturated rings. The molecule has 0 aliphatic heterocycles. The topological polar surface area (TPSA) is 54.9 Å². The normalized spacial score (nSPS) is 11.9. The lowest BCUT2D eigenvalue weighted by Crippen LogP contribution is -2.29. The van der Waals surface area contributed by atoms with Gasteiger partial charge in [-0.25, -0.2) is 9.97 Å². The maximum absolute atomic E-state index is 12.1. The Kier molecular flexibility index (Phi) is 4.93. The molecule has 2 rings (SSSR count). The Morgan fingerprint density at radius 2 is 2.10 bits per heavy atom. The number of nitrogens with zero attached hydrogens (tertiary/aromatic N) is 2. The van der Waals surface area contributed by atoms with Crippen LogP contribution in [0.5, 0.6) is 0 Å². The Morgan fingerprint density at radius 3 is 2.70 bits per heavy atom. The minimum Gasteiger partial charge on any atom is -0.344 e. The molecule has 1 aromatic carbocycles. The number of carbonyl (C=O) groups excluding carboxylic acids is 1. The summed E-state index contributed by atoms with van der Waals surface area (Å²) in [4.78, 5) is 19.9. The van der Waals surface area contributed by atoms with Crippen molar-refractivity contribution in [3.05, 3.63) is 58.1 Å². The third-order valence-corrected chi connectivity index (χ3v) is 3.25. The van der Waals surface area contributed by atoms with E-state index in [0.717, 1.165) is 12.0 Å². The van der Waals surface area contributed by atoms with Crippen molar-refractivity contribution in [1.82, 2.24) is 15.3 Å². The summed E-state index contributed by atoms with van der Waals surface area (Å²) in [7, 11) is 0. The molecule has 0 saturated carbocycles. The van der Waals surface area contributed by atoms with E-state index in [1.165, 1.54) is 12.4 Å². The van der Waals surface area contributed by atoms with E-state index in [9.17, 15) is 4.79 Å². The maximum atomic E-state index is 12.1. The molecule has 0 bridgehead atoms. The van der Waals surface area contributed by atoms with Gasteiger partial charge in [0, 0.05) is 5.02 Å². The van der Waals surface area contributed by atoms with E-state index in [1.54, 1.807) is 6.07 Å². The Labute approximate surface area is 127 Å². The first-order valence-corrected chi connectivity index (χ1v) is 6.89. The molecule has 1 aromatic heterocycles. The van der Waals surface area contributed by atoms with E-state index in [4.69, 9.17) is 23.2 Å². The standard InChI is InChI=1S/C14H13Cl2N3O/c1-2-11(9-4-3-5-10(15)6-9)19-14(20)12-7-18-13(16)8-17-12/h3-8,11H,2H2,1H3,(H,19,20). The number of halogens is 2. The molecule has 4 nitrogen and oxygen atoms in total. The second-order valence-electron chi connectivity index (χ2n) is 4.21. The van der Waals surface area contributed by atoms with Crippen LogP contribution in [-0.4, -0.2) is 15.9 Å². The van der Waals surface area contributed by atoms with Gasteiger partial charge >= 0.3 is 0 Å². The van der Waals surface area contributed by atoms with Crippen LogP contribution in [0.4, 0.5) is 0 Å². The summed E-state index contributed by atoms with van der Waals surface area (Å²) in [6.45, 7) is 1.99. The lowest BCUT2D eigenvalue weighted by molar-refractivity contribution is 0.0930. The first-order valence-electron chi connectivity index (χ1n) is 6.14. The van der Waals surface area contributed by atoms with Crippen LogP contribution in [0, 0.1) is 0 Å². The van der Waals surface area contributed by atoms with Gasteiger partial charge in [0.2, 0.25) is 0 Å². The minimum atomic E-state index is -0.291. The Bertz CT molecular complexity index is 602. The molecule has 20 heavy (non-hydrogen) atoms. The van der Waals surface area contributed by atoms with Gasteiger partial charge in [-0.05, 0) is 24.1 Å². The van der Waals surface area contributed by atoms with Crippen LogP contribution >= 0.6 is 23.2 Å². The van der Waals surface area contributed by atoms with Gasteiger partial charge in [-0.1, -0.05) is 42.3 Å². The van der Waals surface area contributed by atoms with E-state index < -0.39 is 0 Å². The SMILES string of the molecule is CCC(NC(=O)c1cnc(Cl)cn1)c1cccc(Cl)c1. The fourth-order valence-corrected chi connectivity index (χ4v) is 2.10. The number of rotatable bonds is 4. The van der Waals surface area contributed by atoms with Gasteiger partial charge in [0.25, 0.3) is 5.91 Å². The van der Waals surface area contributed by atoms with Crippen molar-refractivity contribution in [1.29, 1.82) is 0 Å². The van der Waals surface area contributed by atoms with Crippen LogP contribution in [0.3, 0.4) is 0 Å². The molecule has 1 N–H and O–H groups in total. The fraction of sp³-hybridized carbons (Fsp3) is 0.214. The quantitative estimate of drug-likeness (QED) is 0.937. The minimum absolute atomic E-state index is 0.126. The van der Waals surface area contributed by atoms with Crippen LogP contribution in [0.1, 0.15) is 35.4 Å². The van der Waals surface area contributed by atoms with Crippen LogP contribution in [0.15, 0.2) is 36.7 Å². The summed E-state index contributed by atoms with van der Waals surface area (Å²) in [5, 5.41) is 3.80. The van der Waals surface area contributed by atoms with Crippen molar-refractivity contribution in [2.24, 2.45) is 0 Å². The van der Waals surface area contributed by atoms with E-state index in [-0.39, 0.29) is 22.8 Å². The molecule has 0 aliphatic carbocycles. The molecule has 0 saturated heterocycles. The first kappa shape index (κ1) is 14.8. The van der Waals surface area contributed by atoms with E-state index in [2.05, 4.69) is 15.3 Å². The molecule has 2 aromatic rings. The summed E-state index contributed by atoms with van der Waals surface area (Å²) < 4.78 is 0. The summed E-state index contributed by atoms with van der Waals surface area (Å²) in [5.74, 6) is -0.291. The fourth-order valence-electron chi connectivity index (χ4n) is 1.81. The second kappa shape index (κ2) is 6.68. The van der Waals surface area contributed by atoms with Gasteiger partial charge in [-0.3, -0.25) is 4.79 Å². The zero-order valence-electron chi connectivity index (χ0n) is 10.8. The summed E-state index contributed by atoms with van der Waals surface area (Å²) in [6, 6.07) is 7.29. The van der Waals surface area contributed by atoms with Crippen molar-refractivity contribution < 1.29 is 4.79 Å². The molecular formula is C14H13Cl2N3O. The van der Waals surface area contributed by atoms with Gasteiger partial charge in [0.1, 0.15) is 10.8 Å². The Hall–Kier alpha value is -1.65. The van der Waals surface area contributed by atoms with Gasteiger partial charge in [-0.2, -0.15) is 0 Å². The predicted octanol–water partition coefficient (Wildman–Crippen LogP) is 3.66. The third-order valence-electron chi connectivity index (χ3n) is 2.82. The third kappa shape index (κ3) is 3.68. The summed E-state index contributed by atoms with van der Waals surface area (Å²) in [5.41, 5.74) is 1.19. The highest BCUT2D eigenvalue weighted by molar-refractivity contribution is 6.30. The van der Waals surface area contributed by atoms with Gasteiger partial charge in [0.15, 0.2) is 0 Å². The Balaban J connectivity index is 2.14. The summed E-state index contributed by atoms with van der Waals surface area (Å²) in [6.07, 6.45) is 3.44. The maximum Gasteiger partial charge on any atom is 0.271 e. The van der Waals surface area contributed by atoms with Crippen molar-refractivity contribution in [2.45, 2.75) is 19.4 Å². The van der Waals surface area contributed by atoms with Gasteiger partial charge in [-0.15, -0.1) is 0 Å². The number of carbonyl (C=O) groups is 1. The van der Waals surface area contributed by atoms with Crippen LogP contribution in [0.25, 0.3) is 0 Å². The molecule has 1 atom stereocenters. The van der Waals surface area contributed by atoms with Crippen molar-refractivity contribution >= 4 is 29.1 Å². The molecule has 0 radical (unpaired) electrons. The van der Waals surface area contributed by atoms with Crippen LogP contribution < -0.4 is 5.32 Å². The second-order valence-corrected chi connectivity index (χ2v) is 5.04. The average molecular weight is 310 g/mol. The molecule has 1 amide bonds. The predicted molar refractivity (Wildman–Crippen MR) is 79.0 cm³/mol. The number of nitrogens with one attached hydrogen (secondary N) is 1. The highest BCUT2D eigenvalue weighted by Crippen LogP contribution is 2.20. The number of hydrogen-bond donors (Lipinski definition) is 1. The van der Waals surface area contributed by atoms with Crippen LogP contribution in [-0.2, 0) is 0 Å². The van der Waals surface area contributed by atoms with Gasteiger partial charge < -0.3 is 5.32 Å². The molecule has 1 heterocycles. The zero-order chi connectivity index (χ0) is 14.5. The lowest BCUT2D eigenvalue weighted by Gasteiger charge is -2.17. The smallest absolute Gasteiger partial charge is 0.271 e. The monoisotopic (exact) mass is 309 g/mol. The number of aromatic nitrogens is 2. The molecule has 6 heteroatoms. The van der Waals surface area contributed by atoms with Crippen molar-refractivity contribution in [3.63, 3.8) is 0 Å². The molecule has 0 aliphatic rings. The molecule has 0 spiro atoms. The molecular weight excluding hydrogens is 297 g/mol. The highest BCUT2D eigenvalue weighted by atomic mass is 35.5. The lowest BCUT2D eigenvalue weighted by atomic mass is 10.0. The van der Waals surface area contributed by atoms with Gasteiger partial charge in [0.05, 0.1) is 18.4 Å². The summed E-state index contributed by atoms with van der Waals surface area (Å²) >= 11 is 11.6. The van der Waals surface area contributed by atoms with Crippen LogP contribution in [0.2, 0.25) is 10.2 Å². The largest absolute Gasteiger partial charge is 0.344 e.